The lowest BCUT2D eigenvalue weighted by Crippen LogP contribution is -2.33. The number of ether oxygens (including phenoxy) is 7. The van der Waals surface area contributed by atoms with Gasteiger partial charge in [0.1, 0.15) is 110 Å². The fraction of sp³-hybridized carbons (Fsp3) is 0.583. The molecule has 144 heavy (non-hydrogen) atoms. The second kappa shape index (κ2) is 44.4. The van der Waals surface area contributed by atoms with Crippen molar-refractivity contribution in [3.8, 4) is 0 Å². The Balaban J connectivity index is 0.610. The van der Waals surface area contributed by atoms with Crippen molar-refractivity contribution in [2.24, 2.45) is 0 Å². The van der Waals surface area contributed by atoms with Crippen LogP contribution in [0.3, 0.4) is 0 Å². The third-order valence-corrected chi connectivity index (χ3v) is 35.1. The summed E-state index contributed by atoms with van der Waals surface area (Å²) in [5, 5.41) is 0. The molecule has 72 heteroatoms. The maximum absolute atomic E-state index is 13.6. The number of nitrogens with one attached hydrogen (secondary N) is 4. The van der Waals surface area contributed by atoms with E-state index in [1.165, 1.54) is 85.0 Å². The number of aromatic nitrogens is 18. The molecule has 58 nitrogen and oxygen atoms in total. The van der Waals surface area contributed by atoms with Crippen molar-refractivity contribution in [2.75, 3.05) is 64.0 Å². The second-order valence-corrected chi connectivity index (χ2v) is 53.4. The van der Waals surface area contributed by atoms with Gasteiger partial charge in [0.2, 0.25) is 0 Å². The number of imidazole rings is 2. The molecule has 0 radical (unpaired) electrons. The second-order valence-electron chi connectivity index (χ2n) is 33.8. The van der Waals surface area contributed by atoms with Gasteiger partial charge in [0.25, 0.3) is 22.2 Å². The lowest BCUT2D eigenvalue weighted by molar-refractivity contribution is -0.0572. The van der Waals surface area contributed by atoms with Crippen LogP contribution in [0.15, 0.2) is 99.4 Å². The summed E-state index contributed by atoms with van der Waals surface area (Å²) in [5.41, 5.74) is 12.5. The van der Waals surface area contributed by atoms with Gasteiger partial charge in [-0.1, -0.05) is 6.92 Å². The predicted octanol–water partition coefficient (Wildman–Crippen LogP) is 0.795. The van der Waals surface area contributed by atoms with E-state index in [1.54, 1.807) is 13.8 Å². The fourth-order valence-corrected chi connectivity index (χ4v) is 26.5. The normalized spacial score (nSPS) is 29.7. The van der Waals surface area contributed by atoms with Crippen LogP contribution in [0.25, 0.3) is 22.3 Å². The molecule has 7 aliphatic heterocycles. The number of rotatable bonds is 41. The smallest absolute Gasteiger partial charge is 0.351 e. The summed E-state index contributed by atoms with van der Waals surface area (Å²) < 4.78 is 136. The zero-order chi connectivity index (χ0) is 104. The van der Waals surface area contributed by atoms with Gasteiger partial charge >= 0.3 is 75.5 Å². The first-order valence-electron chi connectivity index (χ1n) is 43.4. The third-order valence-electron chi connectivity index (χ3n) is 23.9. The molecule has 0 aliphatic carbocycles. The standard InChI is InChI=1S/C72H96N21O37P7S7/c1-8-36-37(9-50(117-36)87-16-31(2)59(73)82-68(87)98)125-132(104,139)111-22-45-39(11-52(119-45)89-18-33(4)65(95)84-70(89)100)127-134(106,141)113-23-46-41(13-54(120-46)91-20-35(6)67(97)86-72(91)102)128-135(107,142)115-25-48-43(15-56(122-48)93-30-81-58-61(75)77-28-79-63(58)93)130-137(109,144)116-26-49-42(14-55(123-49)92-29-80-57-60(74)76-27-78-62(57)92)129-136(108,143)114-24-47-40(12-53(121-47)90-19-34(5)66(96)85-71(90)101)126-133(105,140)112-21-44-38(124-131(103,138)110-7)10-51(118-44)88-17-32(3)64(94)83-69(88)99/h16-20,27-30,36-56H,8-15,21-26H2,1-7H3,(H,103,138)(H,104,139)(H,105,140)(H,106,141)(H,107,142)(H,108,143)(H,109,144)(H2,73,82,98)(H2,74,76,78)(H2,75,77,79)(H,83,94,99)(H,84,95,100)(H,85,96,101)(H,86,97,102)/t36-,37-,38-,39-,40-,41-,42-,43-,44-,45-,46-,47-,48-,49-,50-,51-,52-,53-,54-,55-,56-,131?,132?,133?,134?,135?,136?,137?/m1/s1. The maximum atomic E-state index is 13.6. The van der Waals surface area contributed by atoms with E-state index in [2.05, 4.69) is 54.8 Å². The van der Waals surface area contributed by atoms with Crippen LogP contribution in [0, 0.1) is 34.6 Å². The molecule has 7 fully saturated rings. The molecule has 9 aromatic heterocycles. The number of aryl methyl sites for hydroxylation is 5. The summed E-state index contributed by atoms with van der Waals surface area (Å²) in [6.07, 6.45) is -17.0. The van der Waals surface area contributed by atoms with E-state index in [0.717, 1.165) is 38.0 Å². The van der Waals surface area contributed by atoms with Gasteiger partial charge in [-0.3, -0.25) is 71.1 Å². The zero-order valence-corrected chi connectivity index (χ0v) is 88.1. The maximum Gasteiger partial charge on any atom is 0.351 e. The number of nitrogen functional groups attached to an aromatic ring is 3. The molecule has 7 aliphatic rings. The molecule has 788 valence electrons. The molecule has 28 atom stereocenters. The van der Waals surface area contributed by atoms with E-state index in [4.69, 9.17) is 196 Å². The van der Waals surface area contributed by atoms with E-state index >= 15 is 0 Å². The molecule has 0 saturated carbocycles. The molecular formula is C72H96N21O37P7S7. The molecule has 16 rings (SSSR count). The van der Waals surface area contributed by atoms with Gasteiger partial charge in [0.05, 0.1) is 101 Å². The minimum absolute atomic E-state index is 0.00205. The van der Waals surface area contributed by atoms with Gasteiger partial charge in [0.15, 0.2) is 22.9 Å². The molecule has 7 unspecified atom stereocenters. The number of anilines is 3. The molecule has 0 bridgehead atoms. The Kier molecular flexibility index (Phi) is 34.0. The highest BCUT2D eigenvalue weighted by atomic mass is 32.5. The average molecular weight is 2290 g/mol. The summed E-state index contributed by atoms with van der Waals surface area (Å²) >= 11 is 38.9. The van der Waals surface area contributed by atoms with Gasteiger partial charge in [-0.2, -0.15) is 4.98 Å². The number of aromatic amines is 4. The molecular weight excluding hydrogens is 2190 g/mol. The quantitative estimate of drug-likeness (QED) is 0.0236. The van der Waals surface area contributed by atoms with Crippen molar-refractivity contribution in [1.29, 1.82) is 0 Å². The average Bonchev–Trinajstić information content (AvgIpc) is 1.63. The first-order chi connectivity index (χ1) is 67.8. The number of hydrogen-bond donors (Lipinski definition) is 14. The van der Waals surface area contributed by atoms with Crippen LogP contribution in [0.1, 0.15) is 130 Å². The summed E-state index contributed by atoms with van der Waals surface area (Å²) in [6, 6.07) is 0. The van der Waals surface area contributed by atoms with Crippen molar-refractivity contribution < 1.29 is 131 Å². The Labute approximate surface area is 845 Å². The SMILES string of the molecule is CC[C@H]1O[C@@H](n2cc(C)c(N)nc2=O)C[C@H]1OP(O)(=S)OC[C@H]1O[C@@H](n2cc(C)c(=O)[nH]c2=O)C[C@H]1OP(O)(=S)OC[C@H]1O[C@@H](n2cc(C)c(=O)[nH]c2=O)C[C@H]1OP(O)(=S)OC[C@H]1O[C@@H](n2cnc3c(N)ncnc32)C[C@H]1OP(O)(=S)OC[C@H]1O[C@@H](n2cnc3c(N)ncnc32)C[C@H]1OP(O)(=S)OC[C@H]1O[C@@H](n2cc(C)c(=O)[nH]c2=O)C[C@H]1OP(O)(=S)OC[C@H]1O[C@@H](n2cc(C)c(=O)[nH]c2=O)C[C@H]1OP(O)(=S)OC. The highest BCUT2D eigenvalue weighted by molar-refractivity contribution is 8.09. The van der Waals surface area contributed by atoms with Crippen LogP contribution in [0.2, 0.25) is 0 Å². The molecule has 17 N–H and O–H groups in total. The van der Waals surface area contributed by atoms with E-state index in [1.807, 2.05) is 0 Å². The molecule has 7 saturated heterocycles. The summed E-state index contributed by atoms with van der Waals surface area (Å²) in [5.74, 6) is -0.0154. The lowest BCUT2D eigenvalue weighted by atomic mass is 10.1. The predicted molar refractivity (Wildman–Crippen MR) is 524 cm³/mol. The topological polar surface area (TPSA) is 755 Å². The van der Waals surface area contributed by atoms with E-state index in [-0.39, 0.29) is 107 Å². The Morgan fingerprint density at radius 1 is 0.333 bits per heavy atom. The van der Waals surface area contributed by atoms with Crippen molar-refractivity contribution in [2.45, 2.75) is 222 Å². The van der Waals surface area contributed by atoms with E-state index in [9.17, 15) is 77.4 Å². The van der Waals surface area contributed by atoms with Crippen LogP contribution in [0.4, 0.5) is 17.5 Å². The number of nitrogens with two attached hydrogens (primary N) is 3. The van der Waals surface area contributed by atoms with Crippen LogP contribution in [0.5, 0.6) is 0 Å². The van der Waals surface area contributed by atoms with E-state index < -0.39 is 266 Å². The van der Waals surface area contributed by atoms with Crippen molar-refractivity contribution in [3.05, 3.63) is 178 Å². The Morgan fingerprint density at radius 2 is 0.562 bits per heavy atom. The van der Waals surface area contributed by atoms with E-state index in [0.29, 0.717) is 12.0 Å². The van der Waals surface area contributed by atoms with Gasteiger partial charge < -0.3 is 148 Å². The molecule has 16 heterocycles. The Bertz CT molecular complexity index is 7250. The monoisotopic (exact) mass is 2290 g/mol. The summed E-state index contributed by atoms with van der Waals surface area (Å²) in [7, 11) is 1.10. The molecule has 0 spiro atoms. The highest BCUT2D eigenvalue weighted by Crippen LogP contribution is 2.59. The van der Waals surface area contributed by atoms with Gasteiger partial charge in [-0.15, -0.1) is 0 Å². The summed E-state index contributed by atoms with van der Waals surface area (Å²) in [4.78, 5) is 238. The number of H-pyrrole nitrogens is 4. The number of hydrogen-bond acceptors (Lipinski definition) is 47. The van der Waals surface area contributed by atoms with Crippen LogP contribution < -0.4 is 67.9 Å². The van der Waals surface area contributed by atoms with Crippen molar-refractivity contribution >= 4 is 169 Å². The molecule has 9 aromatic rings. The van der Waals surface area contributed by atoms with Gasteiger partial charge in [0, 0.05) is 111 Å². The van der Waals surface area contributed by atoms with Crippen LogP contribution in [-0.2, 0) is 179 Å². The summed E-state index contributed by atoms with van der Waals surface area (Å²) in [6.45, 7) is -27.0. The number of nitrogens with zero attached hydrogens (tertiary/aromatic N) is 14. The van der Waals surface area contributed by atoms with Crippen molar-refractivity contribution in [1.82, 2.24) is 86.8 Å². The largest absolute Gasteiger partial charge is 0.383 e. The minimum atomic E-state index is -4.73. The fourth-order valence-electron chi connectivity index (χ4n) is 16.7. The van der Waals surface area contributed by atoms with Gasteiger partial charge in [-0.25, -0.2) is 53.9 Å². The molecule has 0 aromatic carbocycles. The van der Waals surface area contributed by atoms with Crippen LogP contribution in [-0.4, -0.2) is 253 Å². The first kappa shape index (κ1) is 110. The van der Waals surface area contributed by atoms with Crippen molar-refractivity contribution in [3.63, 3.8) is 0 Å². The lowest BCUT2D eigenvalue weighted by Gasteiger charge is -2.29. The Morgan fingerprint density at radius 3 is 0.819 bits per heavy atom. The van der Waals surface area contributed by atoms with Gasteiger partial charge in [-0.05, 0) is 124 Å². The molecule has 0 amide bonds. The minimum Gasteiger partial charge on any atom is -0.383 e. The van der Waals surface area contributed by atoms with Crippen LogP contribution >= 0.6 is 47.0 Å². The zero-order valence-electron chi connectivity index (χ0n) is 76.1. The Hall–Kier alpha value is -6.47. The first-order valence-corrected chi connectivity index (χ1v) is 61.5. The highest BCUT2D eigenvalue weighted by Gasteiger charge is 2.52. The number of fused-ring (bicyclic) bond motifs is 2. The third kappa shape index (κ3) is 25.9.